The van der Waals surface area contributed by atoms with Gasteiger partial charge in [0.1, 0.15) is 0 Å². The molecule has 0 amide bonds. The molecule has 0 aliphatic rings. The Morgan fingerprint density at radius 1 is 1.10 bits per heavy atom. The zero-order valence-corrected chi connectivity index (χ0v) is 16.5. The molecule has 1 heterocycles. The topological polar surface area (TPSA) is 46.2 Å². The molecule has 2 aromatic rings. The van der Waals surface area contributed by atoms with Gasteiger partial charge in [-0.15, -0.1) is 11.3 Å². The van der Waals surface area contributed by atoms with Gasteiger partial charge in [-0.25, -0.2) is 13.1 Å². The molecule has 3 nitrogen and oxygen atoms in total. The van der Waals surface area contributed by atoms with E-state index in [1.807, 2.05) is 12.1 Å². The van der Waals surface area contributed by atoms with E-state index in [9.17, 15) is 8.42 Å². The molecule has 0 spiro atoms. The Balaban J connectivity index is 2.04. The highest BCUT2D eigenvalue weighted by Crippen LogP contribution is 2.26. The summed E-state index contributed by atoms with van der Waals surface area (Å²) in [7, 11) is -3.50. The number of sulfonamides is 1. The average molecular weight is 504 g/mol. The van der Waals surface area contributed by atoms with Gasteiger partial charge in [0.05, 0.1) is 8.68 Å². The van der Waals surface area contributed by atoms with Gasteiger partial charge in [0, 0.05) is 20.4 Å². The Morgan fingerprint density at radius 2 is 1.85 bits per heavy atom. The molecule has 0 aliphatic carbocycles. The van der Waals surface area contributed by atoms with Crippen molar-refractivity contribution in [3.05, 3.63) is 47.9 Å². The van der Waals surface area contributed by atoms with E-state index in [0.29, 0.717) is 17.4 Å². The monoisotopic (exact) mass is 501 g/mol. The molecule has 0 unspecified atom stereocenters. The third kappa shape index (κ3) is 4.38. The van der Waals surface area contributed by atoms with Crippen LogP contribution in [-0.2, 0) is 16.4 Å². The summed E-state index contributed by atoms with van der Waals surface area (Å²) in [4.78, 5) is 1.38. The van der Waals surface area contributed by atoms with E-state index in [1.54, 1.807) is 29.5 Å². The first kappa shape index (κ1) is 16.6. The van der Waals surface area contributed by atoms with Crippen LogP contribution >= 0.6 is 59.1 Å². The second kappa shape index (κ2) is 7.02. The standard InChI is InChI=1S/C12H10Br3NO2S2/c13-8-1-3-11(10(14)7-8)20(17,18)16-6-5-9-2-4-12(15)19-9/h1-4,7,16H,5-6H2. The van der Waals surface area contributed by atoms with Crippen molar-refractivity contribution in [2.24, 2.45) is 0 Å². The molecular weight excluding hydrogens is 494 g/mol. The number of rotatable bonds is 5. The molecule has 0 aliphatic heterocycles. The maximum absolute atomic E-state index is 12.2. The molecule has 0 atom stereocenters. The summed E-state index contributed by atoms with van der Waals surface area (Å²) in [5.74, 6) is 0. The average Bonchev–Trinajstić information content (AvgIpc) is 2.74. The maximum Gasteiger partial charge on any atom is 0.241 e. The van der Waals surface area contributed by atoms with Crippen LogP contribution in [0.4, 0.5) is 0 Å². The zero-order chi connectivity index (χ0) is 14.8. The predicted octanol–water partition coefficient (Wildman–Crippen LogP) is 4.56. The largest absolute Gasteiger partial charge is 0.241 e. The Labute approximate surface area is 147 Å². The fourth-order valence-electron chi connectivity index (χ4n) is 1.57. The zero-order valence-electron chi connectivity index (χ0n) is 10.1. The Morgan fingerprint density at radius 3 is 2.45 bits per heavy atom. The van der Waals surface area contributed by atoms with Gasteiger partial charge < -0.3 is 0 Å². The highest BCUT2D eigenvalue weighted by atomic mass is 79.9. The molecule has 20 heavy (non-hydrogen) atoms. The molecule has 0 bridgehead atoms. The van der Waals surface area contributed by atoms with Gasteiger partial charge in [-0.1, -0.05) is 15.9 Å². The maximum atomic E-state index is 12.2. The van der Waals surface area contributed by atoms with E-state index >= 15 is 0 Å². The molecule has 0 saturated carbocycles. The first-order valence-corrected chi connectivity index (χ1v) is 10.3. The quantitative estimate of drug-likeness (QED) is 0.650. The summed E-state index contributed by atoms with van der Waals surface area (Å²) in [6.45, 7) is 0.373. The van der Waals surface area contributed by atoms with Gasteiger partial charge in [0.25, 0.3) is 0 Å². The summed E-state index contributed by atoms with van der Waals surface area (Å²) in [5, 5.41) is 0. The molecule has 0 radical (unpaired) electrons. The normalized spacial score (nSPS) is 11.8. The number of nitrogens with one attached hydrogen (secondary N) is 1. The van der Waals surface area contributed by atoms with Crippen LogP contribution in [0.3, 0.4) is 0 Å². The molecule has 1 aromatic heterocycles. The van der Waals surface area contributed by atoms with Crippen LogP contribution in [0.25, 0.3) is 0 Å². The van der Waals surface area contributed by atoms with Crippen LogP contribution in [0, 0.1) is 0 Å². The van der Waals surface area contributed by atoms with E-state index in [-0.39, 0.29) is 4.90 Å². The number of thiophene rings is 1. The molecule has 8 heteroatoms. The molecule has 1 N–H and O–H groups in total. The van der Waals surface area contributed by atoms with Crippen LogP contribution in [0.15, 0.2) is 48.0 Å². The first-order chi connectivity index (χ1) is 9.38. The minimum absolute atomic E-state index is 0.244. The Kier molecular flexibility index (Phi) is 5.84. The minimum atomic E-state index is -3.50. The Hall–Kier alpha value is 0.270. The molecule has 2 rings (SSSR count). The Bertz CT molecular complexity index is 713. The summed E-state index contributed by atoms with van der Waals surface area (Å²) in [6.07, 6.45) is 0.670. The predicted molar refractivity (Wildman–Crippen MR) is 92.8 cm³/mol. The van der Waals surface area contributed by atoms with E-state index in [4.69, 9.17) is 0 Å². The van der Waals surface area contributed by atoms with Gasteiger partial charge in [-0.2, -0.15) is 0 Å². The molecule has 108 valence electrons. The van der Waals surface area contributed by atoms with Crippen LogP contribution in [0.1, 0.15) is 4.88 Å². The summed E-state index contributed by atoms with van der Waals surface area (Å²) in [5.41, 5.74) is 0. The number of halogens is 3. The molecule has 1 aromatic carbocycles. The fraction of sp³-hybridized carbons (Fsp3) is 0.167. The summed E-state index contributed by atoms with van der Waals surface area (Å²) >= 11 is 11.6. The second-order valence-corrected chi connectivity index (χ2v) is 9.98. The minimum Gasteiger partial charge on any atom is -0.211 e. The van der Waals surface area contributed by atoms with Crippen molar-refractivity contribution in [3.8, 4) is 0 Å². The van der Waals surface area contributed by atoms with E-state index in [1.165, 1.54) is 0 Å². The summed E-state index contributed by atoms with van der Waals surface area (Å²) in [6, 6.07) is 8.93. The van der Waals surface area contributed by atoms with Crippen molar-refractivity contribution >= 4 is 69.1 Å². The third-order valence-corrected chi connectivity index (χ3v) is 7.09. The lowest BCUT2D eigenvalue weighted by molar-refractivity contribution is 0.581. The van der Waals surface area contributed by atoms with Gasteiger partial charge in [-0.05, 0) is 68.6 Å². The highest BCUT2D eigenvalue weighted by molar-refractivity contribution is 9.11. The molecule has 0 fully saturated rings. The van der Waals surface area contributed by atoms with Crippen molar-refractivity contribution < 1.29 is 8.42 Å². The number of hydrogen-bond acceptors (Lipinski definition) is 3. The van der Waals surface area contributed by atoms with Crippen LogP contribution < -0.4 is 4.72 Å². The van der Waals surface area contributed by atoms with E-state index in [2.05, 4.69) is 52.5 Å². The second-order valence-electron chi connectivity index (χ2n) is 3.93. The first-order valence-electron chi connectivity index (χ1n) is 5.57. The van der Waals surface area contributed by atoms with Crippen molar-refractivity contribution in [3.63, 3.8) is 0 Å². The molecular formula is C12H10Br3NO2S2. The van der Waals surface area contributed by atoms with Gasteiger partial charge >= 0.3 is 0 Å². The van der Waals surface area contributed by atoms with Gasteiger partial charge in [-0.3, -0.25) is 0 Å². The van der Waals surface area contributed by atoms with Crippen LogP contribution in [0.5, 0.6) is 0 Å². The van der Waals surface area contributed by atoms with Crippen LogP contribution in [-0.4, -0.2) is 15.0 Å². The van der Waals surface area contributed by atoms with Crippen molar-refractivity contribution in [1.82, 2.24) is 4.72 Å². The lowest BCUT2D eigenvalue weighted by Gasteiger charge is -2.08. The SMILES string of the molecule is O=S(=O)(NCCc1ccc(Br)s1)c1ccc(Br)cc1Br. The van der Waals surface area contributed by atoms with Crippen molar-refractivity contribution in [1.29, 1.82) is 0 Å². The fourth-order valence-corrected chi connectivity index (χ4v) is 5.82. The smallest absolute Gasteiger partial charge is 0.211 e. The van der Waals surface area contributed by atoms with E-state index in [0.717, 1.165) is 13.1 Å². The third-order valence-electron chi connectivity index (χ3n) is 2.48. The van der Waals surface area contributed by atoms with Crippen LogP contribution in [0.2, 0.25) is 0 Å². The van der Waals surface area contributed by atoms with Gasteiger partial charge in [0.15, 0.2) is 0 Å². The lowest BCUT2D eigenvalue weighted by Crippen LogP contribution is -2.26. The van der Waals surface area contributed by atoms with E-state index < -0.39 is 10.0 Å². The molecule has 0 saturated heterocycles. The van der Waals surface area contributed by atoms with Crippen molar-refractivity contribution in [2.45, 2.75) is 11.3 Å². The number of hydrogen-bond donors (Lipinski definition) is 1. The number of benzene rings is 1. The van der Waals surface area contributed by atoms with Gasteiger partial charge in [0.2, 0.25) is 10.0 Å². The highest BCUT2D eigenvalue weighted by Gasteiger charge is 2.17. The van der Waals surface area contributed by atoms with Crippen molar-refractivity contribution in [2.75, 3.05) is 6.54 Å². The summed E-state index contributed by atoms with van der Waals surface area (Å²) < 4.78 is 29.4. The lowest BCUT2D eigenvalue weighted by atomic mass is 10.3.